The van der Waals surface area contributed by atoms with E-state index in [9.17, 15) is 9.90 Å². The number of carboxylic acids is 1. The van der Waals surface area contributed by atoms with E-state index in [4.69, 9.17) is 0 Å². The molecule has 2 N–H and O–H groups in total. The Hall–Kier alpha value is -2.14. The monoisotopic (exact) mass is 287 g/mol. The maximum absolute atomic E-state index is 12.0. The Kier molecular flexibility index (Phi) is 4.75. The molecule has 0 spiro atoms. The summed E-state index contributed by atoms with van der Waals surface area (Å²) in [6.07, 6.45) is 3.96. The Balaban J connectivity index is 2.33. The largest absolute Gasteiger partial charge is 0.480 e. The molecule has 0 saturated heterocycles. The van der Waals surface area contributed by atoms with Crippen LogP contribution in [0.2, 0.25) is 0 Å². The number of carboxylic acid groups (broad SMARTS) is 1. The fourth-order valence-corrected chi connectivity index (χ4v) is 2.52. The van der Waals surface area contributed by atoms with Crippen LogP contribution in [0, 0.1) is 0 Å². The van der Waals surface area contributed by atoms with E-state index in [2.05, 4.69) is 10.4 Å². The van der Waals surface area contributed by atoms with Crippen LogP contribution >= 0.6 is 0 Å². The zero-order valence-corrected chi connectivity index (χ0v) is 12.4. The first-order valence-electron chi connectivity index (χ1n) is 7.08. The summed E-state index contributed by atoms with van der Waals surface area (Å²) in [6, 6.07) is 11.2. The van der Waals surface area contributed by atoms with Crippen LogP contribution in [0.5, 0.6) is 0 Å². The van der Waals surface area contributed by atoms with Crippen LogP contribution < -0.4 is 5.32 Å². The van der Waals surface area contributed by atoms with Gasteiger partial charge < -0.3 is 5.11 Å². The molecule has 1 aromatic carbocycles. The van der Waals surface area contributed by atoms with Crippen molar-refractivity contribution < 1.29 is 9.90 Å². The number of rotatable bonds is 7. The lowest BCUT2D eigenvalue weighted by Gasteiger charge is -2.33. The van der Waals surface area contributed by atoms with Crippen molar-refractivity contribution in [3.63, 3.8) is 0 Å². The predicted molar refractivity (Wildman–Crippen MR) is 80.9 cm³/mol. The lowest BCUT2D eigenvalue weighted by molar-refractivity contribution is -0.146. The van der Waals surface area contributed by atoms with Gasteiger partial charge in [-0.15, -0.1) is 0 Å². The van der Waals surface area contributed by atoms with Gasteiger partial charge in [-0.2, -0.15) is 5.10 Å². The minimum Gasteiger partial charge on any atom is -0.480 e. The number of aryl methyl sites for hydroxylation is 1. The number of aliphatic carboxylic acids is 1. The van der Waals surface area contributed by atoms with Crippen molar-refractivity contribution in [3.05, 3.63) is 54.4 Å². The van der Waals surface area contributed by atoms with Gasteiger partial charge in [0.2, 0.25) is 0 Å². The molecular weight excluding hydrogens is 266 g/mol. The van der Waals surface area contributed by atoms with Gasteiger partial charge in [0.25, 0.3) is 0 Å². The SMILES string of the molecule is CC(C)NC(CCn1cccn1)(C(=O)O)c1ccccc1. The molecular formula is C16H21N3O2. The molecule has 0 amide bonds. The number of hydrogen-bond acceptors (Lipinski definition) is 3. The Morgan fingerprint density at radius 3 is 2.57 bits per heavy atom. The van der Waals surface area contributed by atoms with Gasteiger partial charge in [0.05, 0.1) is 0 Å². The molecule has 0 bridgehead atoms. The van der Waals surface area contributed by atoms with E-state index >= 15 is 0 Å². The van der Waals surface area contributed by atoms with Gasteiger partial charge in [0.1, 0.15) is 5.54 Å². The van der Waals surface area contributed by atoms with Gasteiger partial charge in [-0.25, -0.2) is 4.79 Å². The highest BCUT2D eigenvalue weighted by Crippen LogP contribution is 2.27. The molecule has 21 heavy (non-hydrogen) atoms. The maximum atomic E-state index is 12.0. The highest BCUT2D eigenvalue weighted by Gasteiger charge is 2.40. The molecule has 0 fully saturated rings. The van der Waals surface area contributed by atoms with E-state index in [1.807, 2.05) is 56.4 Å². The van der Waals surface area contributed by atoms with Gasteiger partial charge in [0, 0.05) is 31.4 Å². The van der Waals surface area contributed by atoms with Crippen molar-refractivity contribution in [2.24, 2.45) is 0 Å². The zero-order chi connectivity index (χ0) is 15.3. The van der Waals surface area contributed by atoms with E-state index in [0.717, 1.165) is 5.56 Å². The third-order valence-corrected chi connectivity index (χ3v) is 3.44. The van der Waals surface area contributed by atoms with E-state index in [1.165, 1.54) is 0 Å². The molecule has 2 rings (SSSR count). The summed E-state index contributed by atoms with van der Waals surface area (Å²) in [7, 11) is 0. The Bertz CT molecular complexity index is 566. The standard InChI is InChI=1S/C16H21N3O2/c1-13(2)18-16(15(20)21,14-7-4-3-5-8-14)9-12-19-11-6-10-17-19/h3-8,10-11,13,18H,9,12H2,1-2H3,(H,20,21). The van der Waals surface area contributed by atoms with E-state index in [1.54, 1.807) is 10.9 Å². The van der Waals surface area contributed by atoms with Gasteiger partial charge in [-0.05, 0) is 25.5 Å². The van der Waals surface area contributed by atoms with Crippen LogP contribution in [0.4, 0.5) is 0 Å². The summed E-state index contributed by atoms with van der Waals surface area (Å²) in [5.74, 6) is -0.866. The van der Waals surface area contributed by atoms with Crippen LogP contribution in [-0.2, 0) is 16.9 Å². The number of benzene rings is 1. The second kappa shape index (κ2) is 6.54. The molecule has 1 heterocycles. The van der Waals surface area contributed by atoms with Crippen LogP contribution in [0.25, 0.3) is 0 Å². The van der Waals surface area contributed by atoms with Crippen LogP contribution in [0.15, 0.2) is 48.8 Å². The van der Waals surface area contributed by atoms with Crippen molar-refractivity contribution in [2.45, 2.75) is 38.4 Å². The molecule has 1 atom stereocenters. The van der Waals surface area contributed by atoms with Crippen molar-refractivity contribution >= 4 is 5.97 Å². The smallest absolute Gasteiger partial charge is 0.328 e. The Morgan fingerprint density at radius 1 is 1.33 bits per heavy atom. The highest BCUT2D eigenvalue weighted by molar-refractivity contribution is 5.80. The summed E-state index contributed by atoms with van der Waals surface area (Å²) < 4.78 is 1.75. The number of nitrogens with one attached hydrogen (secondary N) is 1. The number of nitrogens with zero attached hydrogens (tertiary/aromatic N) is 2. The highest BCUT2D eigenvalue weighted by atomic mass is 16.4. The lowest BCUT2D eigenvalue weighted by atomic mass is 9.85. The first-order valence-corrected chi connectivity index (χ1v) is 7.08. The van der Waals surface area contributed by atoms with Crippen LogP contribution in [0.1, 0.15) is 25.8 Å². The third kappa shape index (κ3) is 3.49. The molecule has 112 valence electrons. The maximum Gasteiger partial charge on any atom is 0.328 e. The molecule has 0 radical (unpaired) electrons. The van der Waals surface area contributed by atoms with E-state index < -0.39 is 11.5 Å². The zero-order valence-electron chi connectivity index (χ0n) is 12.4. The summed E-state index contributed by atoms with van der Waals surface area (Å²) in [6.45, 7) is 4.44. The summed E-state index contributed by atoms with van der Waals surface area (Å²) in [5.41, 5.74) is -0.347. The Labute approximate surface area is 124 Å². The van der Waals surface area contributed by atoms with E-state index in [-0.39, 0.29) is 6.04 Å². The summed E-state index contributed by atoms with van der Waals surface area (Å²) in [4.78, 5) is 12.0. The molecule has 1 aromatic heterocycles. The molecule has 0 aliphatic carbocycles. The number of aromatic nitrogens is 2. The molecule has 0 saturated carbocycles. The lowest BCUT2D eigenvalue weighted by Crippen LogP contribution is -2.52. The molecule has 0 aliphatic rings. The van der Waals surface area contributed by atoms with Gasteiger partial charge in [-0.3, -0.25) is 10.00 Å². The molecule has 5 nitrogen and oxygen atoms in total. The number of carbonyl (C=O) groups is 1. The normalized spacial score (nSPS) is 14.0. The van der Waals surface area contributed by atoms with Gasteiger partial charge in [-0.1, -0.05) is 30.3 Å². The second-order valence-electron chi connectivity index (χ2n) is 5.39. The molecule has 1 unspecified atom stereocenters. The summed E-state index contributed by atoms with van der Waals surface area (Å²) >= 11 is 0. The predicted octanol–water partition coefficient (Wildman–Crippen LogP) is 2.25. The topological polar surface area (TPSA) is 67.2 Å². The van der Waals surface area contributed by atoms with Crippen LogP contribution in [0.3, 0.4) is 0 Å². The summed E-state index contributed by atoms with van der Waals surface area (Å²) in [5, 5.41) is 17.2. The first kappa shape index (κ1) is 15.3. The van der Waals surface area contributed by atoms with Gasteiger partial charge in [0.15, 0.2) is 0 Å². The van der Waals surface area contributed by atoms with Crippen molar-refractivity contribution in [2.75, 3.05) is 0 Å². The molecule has 2 aromatic rings. The van der Waals surface area contributed by atoms with Crippen LogP contribution in [-0.4, -0.2) is 26.9 Å². The average Bonchev–Trinajstić information content (AvgIpc) is 2.97. The average molecular weight is 287 g/mol. The number of hydrogen-bond donors (Lipinski definition) is 2. The second-order valence-corrected chi connectivity index (χ2v) is 5.39. The van der Waals surface area contributed by atoms with E-state index in [0.29, 0.717) is 13.0 Å². The van der Waals surface area contributed by atoms with Crippen molar-refractivity contribution in [1.29, 1.82) is 0 Å². The molecule has 0 aliphatic heterocycles. The van der Waals surface area contributed by atoms with Crippen molar-refractivity contribution in [1.82, 2.24) is 15.1 Å². The van der Waals surface area contributed by atoms with Crippen molar-refractivity contribution in [3.8, 4) is 0 Å². The minimum atomic E-state index is -1.11. The Morgan fingerprint density at radius 2 is 2.05 bits per heavy atom. The fourth-order valence-electron chi connectivity index (χ4n) is 2.52. The quantitative estimate of drug-likeness (QED) is 0.819. The third-order valence-electron chi connectivity index (χ3n) is 3.44. The fraction of sp³-hybridized carbons (Fsp3) is 0.375. The first-order chi connectivity index (χ1) is 10.0. The minimum absolute atomic E-state index is 0.0546. The van der Waals surface area contributed by atoms with Gasteiger partial charge >= 0.3 is 5.97 Å². The molecule has 5 heteroatoms.